The number of hydrogen-bond acceptors (Lipinski definition) is 5. The van der Waals surface area contributed by atoms with E-state index in [0.29, 0.717) is 5.69 Å². The first-order chi connectivity index (χ1) is 9.23. The Hall–Kier alpha value is -1.60. The Balaban J connectivity index is 3.24. The zero-order valence-corrected chi connectivity index (χ0v) is 13.0. The van der Waals surface area contributed by atoms with Crippen molar-refractivity contribution in [3.8, 4) is 0 Å². The number of hydrogen-bond donors (Lipinski definition) is 1. The number of methoxy groups -OCH3 is 1. The monoisotopic (exact) mass is 300 g/mol. The molecule has 0 amide bonds. The van der Waals surface area contributed by atoms with Gasteiger partial charge in [0.05, 0.1) is 12.0 Å². The number of likely N-dealkylation sites (N-methyl/N-ethyl adjacent to an activating group) is 1. The zero-order valence-electron chi connectivity index (χ0n) is 12.1. The normalized spacial score (nSPS) is 11.7. The highest BCUT2D eigenvalue weighted by Crippen LogP contribution is 2.24. The molecule has 0 aromatic heterocycles. The summed E-state index contributed by atoms with van der Waals surface area (Å²) in [6.07, 6.45) is 0. The summed E-state index contributed by atoms with van der Waals surface area (Å²) in [5.41, 5.74) is 7.86. The molecule has 0 fully saturated rings. The summed E-state index contributed by atoms with van der Waals surface area (Å²) >= 11 is 0. The number of carbonyl (C=O) groups excluding carboxylic acids is 1. The molecular weight excluding hydrogens is 280 g/mol. The van der Waals surface area contributed by atoms with Crippen LogP contribution in [0.4, 0.5) is 5.69 Å². The molecule has 0 aliphatic heterocycles. The van der Waals surface area contributed by atoms with Crippen molar-refractivity contribution < 1.29 is 17.9 Å². The molecule has 20 heavy (non-hydrogen) atoms. The van der Waals surface area contributed by atoms with Crippen molar-refractivity contribution in [3.63, 3.8) is 0 Å². The Kier molecular flexibility index (Phi) is 5.13. The maximum Gasteiger partial charge on any atom is 0.321 e. The molecule has 0 unspecified atom stereocenters. The Morgan fingerprint density at radius 3 is 2.40 bits per heavy atom. The van der Waals surface area contributed by atoms with Crippen LogP contribution in [0.2, 0.25) is 0 Å². The van der Waals surface area contributed by atoms with Gasteiger partial charge < -0.3 is 10.5 Å². The van der Waals surface area contributed by atoms with Crippen LogP contribution in [0.3, 0.4) is 0 Å². The van der Waals surface area contributed by atoms with Gasteiger partial charge in [0, 0.05) is 12.2 Å². The predicted molar refractivity (Wildman–Crippen MR) is 76.8 cm³/mol. The summed E-state index contributed by atoms with van der Waals surface area (Å²) < 4.78 is 30.6. The number of benzene rings is 1. The van der Waals surface area contributed by atoms with Gasteiger partial charge in [-0.3, -0.25) is 4.79 Å². The third-order valence-corrected chi connectivity index (χ3v) is 5.10. The van der Waals surface area contributed by atoms with Gasteiger partial charge in [-0.15, -0.1) is 0 Å². The molecule has 0 radical (unpaired) electrons. The number of carbonyl (C=O) groups is 1. The standard InChI is InChI=1S/C13H20N2O4S/c1-5-15(8-13(16)19-4)20(17,18)11-6-9(2)10(3)12(14)7-11/h6-7H,5,8,14H2,1-4H3. The second-order valence-corrected chi connectivity index (χ2v) is 6.40. The highest BCUT2D eigenvalue weighted by Gasteiger charge is 2.26. The van der Waals surface area contributed by atoms with Crippen molar-refractivity contribution in [1.29, 1.82) is 0 Å². The van der Waals surface area contributed by atoms with E-state index >= 15 is 0 Å². The van der Waals surface area contributed by atoms with E-state index in [2.05, 4.69) is 4.74 Å². The minimum absolute atomic E-state index is 0.0869. The average molecular weight is 300 g/mol. The molecule has 0 aliphatic carbocycles. The number of rotatable bonds is 5. The summed E-state index contributed by atoms with van der Waals surface area (Å²) in [6, 6.07) is 2.97. The van der Waals surface area contributed by atoms with Crippen LogP contribution < -0.4 is 5.73 Å². The fourth-order valence-electron chi connectivity index (χ4n) is 1.73. The first-order valence-corrected chi connectivity index (χ1v) is 7.61. The maximum absolute atomic E-state index is 12.5. The Labute approximate surface area is 119 Å². The second-order valence-electron chi connectivity index (χ2n) is 4.46. The third-order valence-electron chi connectivity index (χ3n) is 3.20. The van der Waals surface area contributed by atoms with Gasteiger partial charge in [0.25, 0.3) is 0 Å². The lowest BCUT2D eigenvalue weighted by Crippen LogP contribution is -2.36. The highest BCUT2D eigenvalue weighted by molar-refractivity contribution is 7.89. The van der Waals surface area contributed by atoms with Gasteiger partial charge in [0.1, 0.15) is 6.54 Å². The Morgan fingerprint density at radius 2 is 1.95 bits per heavy atom. The van der Waals surface area contributed by atoms with Crippen LogP contribution in [-0.2, 0) is 19.6 Å². The van der Waals surface area contributed by atoms with E-state index in [1.165, 1.54) is 13.2 Å². The quantitative estimate of drug-likeness (QED) is 0.649. The molecule has 0 aliphatic rings. The summed E-state index contributed by atoms with van der Waals surface area (Å²) in [6.45, 7) is 5.13. The minimum Gasteiger partial charge on any atom is -0.468 e. The van der Waals surface area contributed by atoms with Crippen LogP contribution in [0, 0.1) is 13.8 Å². The maximum atomic E-state index is 12.5. The summed E-state index contributed by atoms with van der Waals surface area (Å²) in [5.74, 6) is -0.604. The molecule has 6 nitrogen and oxygen atoms in total. The summed E-state index contributed by atoms with van der Waals surface area (Å²) in [5, 5.41) is 0. The van der Waals surface area contributed by atoms with Gasteiger partial charge in [-0.05, 0) is 37.1 Å². The van der Waals surface area contributed by atoms with Crippen molar-refractivity contribution in [1.82, 2.24) is 4.31 Å². The van der Waals surface area contributed by atoms with E-state index < -0.39 is 16.0 Å². The lowest BCUT2D eigenvalue weighted by Gasteiger charge is -2.20. The SMILES string of the molecule is CCN(CC(=O)OC)S(=O)(=O)c1cc(C)c(C)c(N)c1. The average Bonchev–Trinajstić information content (AvgIpc) is 2.40. The molecule has 0 atom stereocenters. The van der Waals surface area contributed by atoms with E-state index in [1.807, 2.05) is 6.92 Å². The fourth-order valence-corrected chi connectivity index (χ4v) is 3.24. The number of nitrogens with zero attached hydrogens (tertiary/aromatic N) is 1. The lowest BCUT2D eigenvalue weighted by molar-refractivity contribution is -0.140. The van der Waals surface area contributed by atoms with E-state index in [-0.39, 0.29) is 18.0 Å². The number of anilines is 1. The van der Waals surface area contributed by atoms with E-state index in [4.69, 9.17) is 5.73 Å². The molecule has 0 saturated heterocycles. The second kappa shape index (κ2) is 6.23. The van der Waals surface area contributed by atoms with Crippen LogP contribution in [-0.4, -0.2) is 38.9 Å². The predicted octanol–water partition coefficient (Wildman–Crippen LogP) is 1.07. The largest absolute Gasteiger partial charge is 0.468 e. The number of sulfonamides is 1. The van der Waals surface area contributed by atoms with E-state index in [0.717, 1.165) is 15.4 Å². The van der Waals surface area contributed by atoms with Crippen LogP contribution in [0.1, 0.15) is 18.1 Å². The van der Waals surface area contributed by atoms with Crippen molar-refractivity contribution in [2.24, 2.45) is 0 Å². The minimum atomic E-state index is -3.77. The molecule has 0 spiro atoms. The van der Waals surface area contributed by atoms with Gasteiger partial charge in [-0.25, -0.2) is 8.42 Å². The first-order valence-electron chi connectivity index (χ1n) is 6.17. The number of nitrogen functional groups attached to an aromatic ring is 1. The summed E-state index contributed by atoms with van der Waals surface area (Å²) in [7, 11) is -2.55. The lowest BCUT2D eigenvalue weighted by atomic mass is 10.1. The molecule has 7 heteroatoms. The van der Waals surface area contributed by atoms with Gasteiger partial charge >= 0.3 is 5.97 Å². The Bertz CT molecular complexity index is 588. The first kappa shape index (κ1) is 16.5. The molecule has 1 rings (SSSR count). The smallest absolute Gasteiger partial charge is 0.321 e. The van der Waals surface area contributed by atoms with Crippen molar-refractivity contribution in [2.75, 3.05) is 25.9 Å². The third kappa shape index (κ3) is 3.29. The molecular formula is C13H20N2O4S. The van der Waals surface area contributed by atoms with Gasteiger partial charge in [-0.2, -0.15) is 4.31 Å². The zero-order chi connectivity index (χ0) is 15.5. The van der Waals surface area contributed by atoms with Crippen LogP contribution in [0.25, 0.3) is 0 Å². The van der Waals surface area contributed by atoms with Gasteiger partial charge in [0.2, 0.25) is 10.0 Å². The molecule has 0 bridgehead atoms. The van der Waals surface area contributed by atoms with Gasteiger partial charge in [0.15, 0.2) is 0 Å². The molecule has 1 aromatic carbocycles. The van der Waals surface area contributed by atoms with Crippen LogP contribution in [0.15, 0.2) is 17.0 Å². The van der Waals surface area contributed by atoms with Gasteiger partial charge in [-0.1, -0.05) is 6.92 Å². The molecule has 1 aromatic rings. The fraction of sp³-hybridized carbons (Fsp3) is 0.462. The number of nitrogens with two attached hydrogens (primary N) is 1. The van der Waals surface area contributed by atoms with Crippen LogP contribution in [0.5, 0.6) is 0 Å². The summed E-state index contributed by atoms with van der Waals surface area (Å²) in [4.78, 5) is 11.4. The van der Waals surface area contributed by atoms with Crippen molar-refractivity contribution in [2.45, 2.75) is 25.7 Å². The van der Waals surface area contributed by atoms with Crippen LogP contribution >= 0.6 is 0 Å². The molecule has 112 valence electrons. The number of ether oxygens (including phenoxy) is 1. The molecule has 2 N–H and O–H groups in total. The Morgan fingerprint density at radius 1 is 1.35 bits per heavy atom. The highest BCUT2D eigenvalue weighted by atomic mass is 32.2. The number of esters is 1. The van der Waals surface area contributed by atoms with E-state index in [9.17, 15) is 13.2 Å². The topological polar surface area (TPSA) is 89.7 Å². The van der Waals surface area contributed by atoms with Crippen molar-refractivity contribution in [3.05, 3.63) is 23.3 Å². The number of aryl methyl sites for hydroxylation is 1. The van der Waals surface area contributed by atoms with Crippen molar-refractivity contribution >= 4 is 21.7 Å². The van der Waals surface area contributed by atoms with E-state index in [1.54, 1.807) is 19.9 Å². The molecule has 0 saturated carbocycles. The molecule has 0 heterocycles.